The number of hydrogen-bond acceptors (Lipinski definition) is 1. The molecule has 0 spiro atoms. The van der Waals surface area contributed by atoms with Crippen molar-refractivity contribution in [2.75, 3.05) is 6.54 Å². The molecule has 2 heterocycles. The van der Waals surface area contributed by atoms with Crippen LogP contribution >= 0.6 is 0 Å². The van der Waals surface area contributed by atoms with Crippen molar-refractivity contribution in [3.05, 3.63) is 70.8 Å². The molecule has 0 aromatic heterocycles. The van der Waals surface area contributed by atoms with Gasteiger partial charge >= 0.3 is 0 Å². The van der Waals surface area contributed by atoms with E-state index in [1.165, 1.54) is 22.3 Å². The molecule has 2 atom stereocenters. The molecule has 2 aromatic carbocycles. The Morgan fingerprint density at radius 1 is 1.05 bits per heavy atom. The first-order chi connectivity index (χ1) is 10.1. The van der Waals surface area contributed by atoms with Gasteiger partial charge in [0.1, 0.15) is 0 Å². The molecule has 1 heteroatoms. The third-order valence-electron chi connectivity index (χ3n) is 5.31. The van der Waals surface area contributed by atoms with Gasteiger partial charge in [-0.3, -0.25) is 4.90 Å². The Morgan fingerprint density at radius 2 is 1.71 bits per heavy atom. The highest BCUT2D eigenvalue weighted by atomic mass is 15.3. The van der Waals surface area contributed by atoms with E-state index in [4.69, 9.17) is 0 Å². The zero-order valence-electron chi connectivity index (χ0n) is 13.1. The summed E-state index contributed by atoms with van der Waals surface area (Å²) < 4.78 is 0. The van der Waals surface area contributed by atoms with Gasteiger partial charge in [-0.1, -0.05) is 62.4 Å². The lowest BCUT2D eigenvalue weighted by atomic mass is 9.80. The fourth-order valence-electron chi connectivity index (χ4n) is 4.47. The van der Waals surface area contributed by atoms with Crippen LogP contribution in [0.15, 0.2) is 48.5 Å². The van der Waals surface area contributed by atoms with Gasteiger partial charge in [-0.15, -0.1) is 0 Å². The molecule has 0 amide bonds. The van der Waals surface area contributed by atoms with Crippen LogP contribution in [0.5, 0.6) is 0 Å². The van der Waals surface area contributed by atoms with Gasteiger partial charge in [-0.05, 0) is 41.5 Å². The van der Waals surface area contributed by atoms with Gasteiger partial charge in [0, 0.05) is 12.6 Å². The topological polar surface area (TPSA) is 3.24 Å². The van der Waals surface area contributed by atoms with Gasteiger partial charge in [0.2, 0.25) is 0 Å². The predicted octanol–water partition coefficient (Wildman–Crippen LogP) is 4.52. The standard InChI is InChI=1S/C20H23N/c1-14(2)13-21-19-12-15-8-4-6-10-17(15)20(21,3)18-11-7-5-9-16(18)19/h4-11,14,19H,12-13H2,1-3H3/t19-,20+/m1/s1. The summed E-state index contributed by atoms with van der Waals surface area (Å²) in [5.41, 5.74) is 6.13. The number of fused-ring (bicyclic) bond motifs is 7. The normalized spacial score (nSPS) is 26.8. The van der Waals surface area contributed by atoms with Crippen molar-refractivity contribution in [2.24, 2.45) is 5.92 Å². The Bertz CT molecular complexity index is 675. The number of nitrogens with zero attached hydrogens (tertiary/aromatic N) is 1. The molecular formula is C20H23N. The van der Waals surface area contributed by atoms with Crippen molar-refractivity contribution < 1.29 is 0 Å². The van der Waals surface area contributed by atoms with E-state index < -0.39 is 0 Å². The molecule has 2 aromatic rings. The van der Waals surface area contributed by atoms with Gasteiger partial charge in [-0.25, -0.2) is 0 Å². The van der Waals surface area contributed by atoms with E-state index in [-0.39, 0.29) is 5.54 Å². The quantitative estimate of drug-likeness (QED) is 0.780. The second-order valence-electron chi connectivity index (χ2n) is 7.08. The van der Waals surface area contributed by atoms with E-state index in [0.29, 0.717) is 12.0 Å². The molecule has 1 nitrogen and oxygen atoms in total. The maximum absolute atomic E-state index is 2.74. The van der Waals surface area contributed by atoms with Crippen molar-refractivity contribution in [3.63, 3.8) is 0 Å². The molecule has 2 aliphatic heterocycles. The molecule has 21 heavy (non-hydrogen) atoms. The lowest BCUT2D eigenvalue weighted by molar-refractivity contribution is 0.0809. The first-order valence-corrected chi connectivity index (χ1v) is 8.07. The van der Waals surface area contributed by atoms with Crippen LogP contribution < -0.4 is 0 Å². The molecule has 0 unspecified atom stereocenters. The Morgan fingerprint density at radius 3 is 2.48 bits per heavy atom. The summed E-state index contributed by atoms with van der Waals surface area (Å²) in [4.78, 5) is 2.74. The highest BCUT2D eigenvalue weighted by molar-refractivity contribution is 5.54. The van der Waals surface area contributed by atoms with Crippen LogP contribution in [0.4, 0.5) is 0 Å². The molecule has 0 fully saturated rings. The third kappa shape index (κ3) is 1.67. The van der Waals surface area contributed by atoms with Gasteiger partial charge in [0.15, 0.2) is 0 Å². The van der Waals surface area contributed by atoms with Crippen molar-refractivity contribution in [3.8, 4) is 0 Å². The van der Waals surface area contributed by atoms with Gasteiger partial charge < -0.3 is 0 Å². The van der Waals surface area contributed by atoms with E-state index in [1.807, 2.05) is 0 Å². The molecule has 0 saturated carbocycles. The van der Waals surface area contributed by atoms with E-state index >= 15 is 0 Å². The summed E-state index contributed by atoms with van der Waals surface area (Å²) in [6.07, 6.45) is 1.15. The zero-order chi connectivity index (χ0) is 14.6. The highest BCUT2D eigenvalue weighted by Crippen LogP contribution is 2.55. The first-order valence-electron chi connectivity index (χ1n) is 8.07. The SMILES string of the molecule is CC(C)CN1[C@@H]2Cc3ccccc3[C@@]1(C)c1ccccc12. The van der Waals surface area contributed by atoms with E-state index in [2.05, 4.69) is 74.2 Å². The predicted molar refractivity (Wildman–Crippen MR) is 87.3 cm³/mol. The van der Waals surface area contributed by atoms with E-state index in [1.54, 1.807) is 0 Å². The fourth-order valence-corrected chi connectivity index (χ4v) is 4.47. The average molecular weight is 277 g/mol. The maximum atomic E-state index is 2.74. The summed E-state index contributed by atoms with van der Waals surface area (Å²) >= 11 is 0. The fraction of sp³-hybridized carbons (Fsp3) is 0.400. The highest BCUT2D eigenvalue weighted by Gasteiger charge is 2.51. The Hall–Kier alpha value is -1.60. The zero-order valence-corrected chi connectivity index (χ0v) is 13.1. The van der Waals surface area contributed by atoms with Crippen LogP contribution in [-0.2, 0) is 12.0 Å². The smallest absolute Gasteiger partial charge is 0.0698 e. The maximum Gasteiger partial charge on any atom is 0.0698 e. The molecule has 0 N–H and O–H groups in total. The van der Waals surface area contributed by atoms with E-state index in [0.717, 1.165) is 13.0 Å². The van der Waals surface area contributed by atoms with Crippen LogP contribution in [0.3, 0.4) is 0 Å². The van der Waals surface area contributed by atoms with Crippen LogP contribution in [-0.4, -0.2) is 11.4 Å². The summed E-state index contributed by atoms with van der Waals surface area (Å²) in [6, 6.07) is 18.6. The minimum absolute atomic E-state index is 0.0420. The van der Waals surface area contributed by atoms with E-state index in [9.17, 15) is 0 Å². The number of hydrogen-bond donors (Lipinski definition) is 0. The Kier molecular flexibility index (Phi) is 2.77. The van der Waals surface area contributed by atoms with Crippen molar-refractivity contribution in [2.45, 2.75) is 38.8 Å². The van der Waals surface area contributed by atoms with Crippen molar-refractivity contribution in [1.82, 2.24) is 4.90 Å². The molecule has 0 radical (unpaired) electrons. The molecule has 4 rings (SSSR count). The lowest BCUT2D eigenvalue weighted by Crippen LogP contribution is -2.47. The average Bonchev–Trinajstić information content (AvgIpc) is 2.64. The van der Waals surface area contributed by atoms with Crippen LogP contribution in [0.25, 0.3) is 0 Å². The molecule has 0 aliphatic carbocycles. The summed E-state index contributed by atoms with van der Waals surface area (Å²) in [6.45, 7) is 8.23. The van der Waals surface area contributed by atoms with Crippen molar-refractivity contribution >= 4 is 0 Å². The largest absolute Gasteiger partial charge is 0.282 e. The lowest BCUT2D eigenvalue weighted by Gasteiger charge is -2.45. The molecule has 2 aliphatic rings. The first kappa shape index (κ1) is 13.1. The summed E-state index contributed by atoms with van der Waals surface area (Å²) in [5.74, 6) is 0.686. The summed E-state index contributed by atoms with van der Waals surface area (Å²) in [5, 5.41) is 0. The monoisotopic (exact) mass is 277 g/mol. The van der Waals surface area contributed by atoms with Crippen LogP contribution in [0.2, 0.25) is 0 Å². The molecule has 0 saturated heterocycles. The molecule has 108 valence electrons. The second-order valence-corrected chi connectivity index (χ2v) is 7.08. The minimum Gasteiger partial charge on any atom is -0.282 e. The third-order valence-corrected chi connectivity index (χ3v) is 5.31. The number of benzene rings is 2. The van der Waals surface area contributed by atoms with Gasteiger partial charge in [0.25, 0.3) is 0 Å². The Balaban J connectivity index is 1.97. The van der Waals surface area contributed by atoms with Crippen molar-refractivity contribution in [1.29, 1.82) is 0 Å². The van der Waals surface area contributed by atoms with Gasteiger partial charge in [0.05, 0.1) is 5.54 Å². The second kappa shape index (κ2) is 4.45. The van der Waals surface area contributed by atoms with Crippen LogP contribution in [0, 0.1) is 5.92 Å². The van der Waals surface area contributed by atoms with Gasteiger partial charge in [-0.2, -0.15) is 0 Å². The van der Waals surface area contributed by atoms with Crippen LogP contribution in [0.1, 0.15) is 49.1 Å². The molecule has 2 bridgehead atoms. The minimum atomic E-state index is 0.0420. The summed E-state index contributed by atoms with van der Waals surface area (Å²) in [7, 11) is 0. The Labute approximate surface area is 127 Å². The molecular weight excluding hydrogens is 254 g/mol. The number of rotatable bonds is 2.